The lowest BCUT2D eigenvalue weighted by molar-refractivity contribution is 0.0594. The number of methoxy groups -OCH3 is 1. The molecule has 0 unspecified atom stereocenters. The van der Waals surface area contributed by atoms with Crippen molar-refractivity contribution in [1.29, 1.82) is 0 Å². The molecule has 0 saturated heterocycles. The largest absolute Gasteiger partial charge is 0.464 e. The number of rotatable bonds is 2. The highest BCUT2D eigenvalue weighted by Crippen LogP contribution is 2.35. The second-order valence-corrected chi connectivity index (χ2v) is 5.05. The van der Waals surface area contributed by atoms with E-state index in [4.69, 9.17) is 34.8 Å². The maximum absolute atomic E-state index is 11.7. The van der Waals surface area contributed by atoms with Crippen LogP contribution in [0.1, 0.15) is 10.5 Å². The third-order valence-electron chi connectivity index (χ3n) is 2.60. The molecule has 0 amide bonds. The Bertz CT molecular complexity index is 717. The number of hydrogen-bond acceptors (Lipinski definition) is 3. The van der Waals surface area contributed by atoms with Crippen LogP contribution in [0.3, 0.4) is 0 Å². The van der Waals surface area contributed by atoms with Gasteiger partial charge in [0.05, 0.1) is 22.2 Å². The molecule has 20 heavy (non-hydrogen) atoms. The molecule has 0 fully saturated rings. The minimum Gasteiger partial charge on any atom is -0.464 e. The molecule has 0 radical (unpaired) electrons. The van der Waals surface area contributed by atoms with Crippen LogP contribution in [0, 0.1) is 0 Å². The molecule has 0 atom stereocenters. The van der Waals surface area contributed by atoms with E-state index in [2.05, 4.69) is 9.72 Å². The highest BCUT2D eigenvalue weighted by Gasteiger charge is 2.16. The average molecular weight is 333 g/mol. The van der Waals surface area contributed by atoms with E-state index in [9.17, 15) is 9.59 Å². The first-order valence-corrected chi connectivity index (χ1v) is 6.54. The molecule has 0 aliphatic rings. The Labute approximate surface area is 129 Å². The highest BCUT2D eigenvalue weighted by molar-refractivity contribution is 6.48. The molecular weight excluding hydrogens is 325 g/mol. The van der Waals surface area contributed by atoms with Crippen LogP contribution in [0.15, 0.2) is 29.1 Å². The van der Waals surface area contributed by atoms with E-state index in [-0.39, 0.29) is 20.8 Å². The molecule has 4 nitrogen and oxygen atoms in total. The molecule has 1 heterocycles. The summed E-state index contributed by atoms with van der Waals surface area (Å²) in [4.78, 5) is 25.5. The smallest absolute Gasteiger partial charge is 0.355 e. The summed E-state index contributed by atoms with van der Waals surface area (Å²) in [5, 5.41) is 0.716. The van der Waals surface area contributed by atoms with Gasteiger partial charge in [-0.3, -0.25) is 4.79 Å². The molecule has 0 saturated carbocycles. The molecule has 2 rings (SSSR count). The molecule has 0 spiro atoms. The molecule has 1 N–H and O–H groups in total. The average Bonchev–Trinajstić information content (AvgIpc) is 2.43. The number of H-pyrrole nitrogens is 1. The Balaban J connectivity index is 2.70. The fourth-order valence-electron chi connectivity index (χ4n) is 1.69. The van der Waals surface area contributed by atoms with Crippen molar-refractivity contribution in [2.45, 2.75) is 0 Å². The minimum atomic E-state index is -0.667. The van der Waals surface area contributed by atoms with Crippen LogP contribution in [0.25, 0.3) is 11.1 Å². The maximum atomic E-state index is 11.7. The third-order valence-corrected chi connectivity index (χ3v) is 3.80. The van der Waals surface area contributed by atoms with Gasteiger partial charge in [0.25, 0.3) is 0 Å². The standard InChI is InChI=1S/C13H8Cl3NO3/c1-20-13(19)12-7(2-3-10(18)17-12)6-4-8(14)11(16)9(15)5-6/h2-5H,1H3,(H,17,18). The number of aromatic nitrogens is 1. The number of nitrogens with one attached hydrogen (secondary N) is 1. The van der Waals surface area contributed by atoms with Crippen molar-refractivity contribution < 1.29 is 9.53 Å². The van der Waals surface area contributed by atoms with Crippen LogP contribution < -0.4 is 5.56 Å². The van der Waals surface area contributed by atoms with E-state index in [0.717, 1.165) is 0 Å². The van der Waals surface area contributed by atoms with Crippen molar-refractivity contribution in [3.8, 4) is 11.1 Å². The monoisotopic (exact) mass is 331 g/mol. The third kappa shape index (κ3) is 2.82. The van der Waals surface area contributed by atoms with Crippen LogP contribution in [-0.4, -0.2) is 18.1 Å². The van der Waals surface area contributed by atoms with E-state index in [1.165, 1.54) is 19.2 Å². The summed E-state index contributed by atoms with van der Waals surface area (Å²) in [6.45, 7) is 0. The van der Waals surface area contributed by atoms with Gasteiger partial charge >= 0.3 is 5.97 Å². The Morgan fingerprint density at radius 2 is 1.75 bits per heavy atom. The lowest BCUT2D eigenvalue weighted by Crippen LogP contribution is -2.14. The van der Waals surface area contributed by atoms with E-state index in [0.29, 0.717) is 11.1 Å². The fraction of sp³-hybridized carbons (Fsp3) is 0.0769. The lowest BCUT2D eigenvalue weighted by atomic mass is 10.0. The van der Waals surface area contributed by atoms with Crippen molar-refractivity contribution >= 4 is 40.8 Å². The normalized spacial score (nSPS) is 10.4. The second-order valence-electron chi connectivity index (χ2n) is 3.86. The number of halogens is 3. The summed E-state index contributed by atoms with van der Waals surface area (Å²) < 4.78 is 4.64. The van der Waals surface area contributed by atoms with Gasteiger partial charge in [-0.15, -0.1) is 0 Å². The van der Waals surface area contributed by atoms with Gasteiger partial charge in [-0.1, -0.05) is 34.8 Å². The molecule has 1 aromatic carbocycles. The van der Waals surface area contributed by atoms with Gasteiger partial charge in [-0.05, 0) is 23.8 Å². The zero-order valence-electron chi connectivity index (χ0n) is 10.2. The summed E-state index contributed by atoms with van der Waals surface area (Å²) in [6, 6.07) is 5.88. The Morgan fingerprint density at radius 1 is 1.15 bits per heavy atom. The summed E-state index contributed by atoms with van der Waals surface area (Å²) >= 11 is 17.8. The SMILES string of the molecule is COC(=O)c1[nH]c(=O)ccc1-c1cc(Cl)c(Cl)c(Cl)c1. The fourth-order valence-corrected chi connectivity index (χ4v) is 2.29. The van der Waals surface area contributed by atoms with Crippen molar-refractivity contribution in [2.24, 2.45) is 0 Å². The van der Waals surface area contributed by atoms with Gasteiger partial charge in [0.2, 0.25) is 5.56 Å². The van der Waals surface area contributed by atoms with Crippen LogP contribution in [0.4, 0.5) is 0 Å². The Morgan fingerprint density at radius 3 is 2.30 bits per heavy atom. The van der Waals surface area contributed by atoms with Gasteiger partial charge < -0.3 is 9.72 Å². The van der Waals surface area contributed by atoms with Gasteiger partial charge in [0, 0.05) is 11.6 Å². The summed E-state index contributed by atoms with van der Waals surface area (Å²) in [6.07, 6.45) is 0. The van der Waals surface area contributed by atoms with Crippen LogP contribution in [0.2, 0.25) is 15.1 Å². The van der Waals surface area contributed by atoms with E-state index < -0.39 is 11.5 Å². The Hall–Kier alpha value is -1.49. The van der Waals surface area contributed by atoms with Crippen molar-refractivity contribution in [2.75, 3.05) is 7.11 Å². The predicted octanol–water partition coefficient (Wildman–Crippen LogP) is 3.79. The molecule has 2 aromatic rings. The molecular formula is C13H8Cl3NO3. The van der Waals surface area contributed by atoms with Gasteiger partial charge in [0.1, 0.15) is 5.69 Å². The molecule has 0 bridgehead atoms. The van der Waals surface area contributed by atoms with Crippen LogP contribution >= 0.6 is 34.8 Å². The van der Waals surface area contributed by atoms with Crippen LogP contribution in [0.5, 0.6) is 0 Å². The first-order chi connectivity index (χ1) is 9.43. The Kier molecular flexibility index (Phi) is 4.38. The second kappa shape index (κ2) is 5.87. The number of hydrogen-bond donors (Lipinski definition) is 1. The highest BCUT2D eigenvalue weighted by atomic mass is 35.5. The van der Waals surface area contributed by atoms with Crippen molar-refractivity contribution in [1.82, 2.24) is 4.98 Å². The van der Waals surface area contributed by atoms with Gasteiger partial charge in [-0.25, -0.2) is 4.79 Å². The number of ether oxygens (including phenoxy) is 1. The van der Waals surface area contributed by atoms with E-state index >= 15 is 0 Å². The lowest BCUT2D eigenvalue weighted by Gasteiger charge is -2.09. The number of carbonyl (C=O) groups excluding carboxylic acids is 1. The number of pyridine rings is 1. The molecule has 0 aliphatic heterocycles. The van der Waals surface area contributed by atoms with Crippen molar-refractivity contribution in [3.63, 3.8) is 0 Å². The summed E-state index contributed by atoms with van der Waals surface area (Å²) in [5.41, 5.74) is 0.590. The summed E-state index contributed by atoms with van der Waals surface area (Å²) in [5.74, 6) is -0.667. The van der Waals surface area contributed by atoms with Gasteiger partial charge in [0.15, 0.2) is 0 Å². The minimum absolute atomic E-state index is 0.0226. The number of aromatic amines is 1. The van der Waals surface area contributed by atoms with E-state index in [1.54, 1.807) is 12.1 Å². The molecule has 0 aliphatic carbocycles. The zero-order valence-corrected chi connectivity index (χ0v) is 12.4. The number of benzene rings is 1. The first-order valence-electron chi connectivity index (χ1n) is 5.40. The van der Waals surface area contributed by atoms with Gasteiger partial charge in [-0.2, -0.15) is 0 Å². The number of esters is 1. The topological polar surface area (TPSA) is 59.2 Å². The maximum Gasteiger partial charge on any atom is 0.355 e. The zero-order chi connectivity index (χ0) is 14.9. The quantitative estimate of drug-likeness (QED) is 0.672. The predicted molar refractivity (Wildman–Crippen MR) is 78.9 cm³/mol. The molecule has 7 heteroatoms. The van der Waals surface area contributed by atoms with E-state index in [1.807, 2.05) is 0 Å². The molecule has 104 valence electrons. The van der Waals surface area contributed by atoms with Crippen LogP contribution in [-0.2, 0) is 4.74 Å². The van der Waals surface area contributed by atoms with Crippen molar-refractivity contribution in [3.05, 3.63) is 55.4 Å². The molecule has 1 aromatic heterocycles. The number of carbonyl (C=O) groups is 1. The first kappa shape index (κ1) is 14.9. The summed E-state index contributed by atoms with van der Waals surface area (Å²) in [7, 11) is 1.22.